The number of hydrogen-bond acceptors (Lipinski definition) is 10. The van der Waals surface area contributed by atoms with Gasteiger partial charge >= 0.3 is 25.7 Å². The van der Waals surface area contributed by atoms with Crippen LogP contribution in [0.1, 0.15) is 265 Å². The van der Waals surface area contributed by atoms with Gasteiger partial charge in [0.05, 0.1) is 19.8 Å². The molecule has 0 aliphatic rings. The molecular weight excluding hydrogens is 952 g/mol. The van der Waals surface area contributed by atoms with Crippen molar-refractivity contribution in [1.82, 2.24) is 0 Å². The van der Waals surface area contributed by atoms with E-state index in [1.165, 1.54) is 96.3 Å². The van der Waals surface area contributed by atoms with Crippen LogP contribution in [-0.4, -0.2) is 66.5 Å². The Hall–Kier alpha value is -3.08. The Morgan fingerprint density at radius 3 is 1.11 bits per heavy atom. The van der Waals surface area contributed by atoms with Gasteiger partial charge in [-0.05, 0) is 89.9 Å². The molecule has 0 saturated carbocycles. The quantitative estimate of drug-likeness (QED) is 0.0197. The summed E-state index contributed by atoms with van der Waals surface area (Å²) in [7, 11) is -4.76. The summed E-state index contributed by atoms with van der Waals surface area (Å²) < 4.78 is 39.5. The number of unbranched alkanes of at least 4 members (excludes halogenated alkanes) is 26. The van der Waals surface area contributed by atoms with Crippen molar-refractivity contribution in [3.63, 3.8) is 0 Å². The molecule has 74 heavy (non-hydrogen) atoms. The van der Waals surface area contributed by atoms with E-state index in [2.05, 4.69) is 93.7 Å². The molecule has 12 heteroatoms. The molecule has 0 amide bonds. The first kappa shape index (κ1) is 70.9. The van der Waals surface area contributed by atoms with Gasteiger partial charge < -0.3 is 24.2 Å². The molecular formula is C62H109O11P. The zero-order valence-electron chi connectivity index (χ0n) is 47.3. The summed E-state index contributed by atoms with van der Waals surface area (Å²) in [5, 5.41) is 9.81. The van der Waals surface area contributed by atoms with E-state index in [4.69, 9.17) is 23.3 Å². The van der Waals surface area contributed by atoms with E-state index in [9.17, 15) is 28.9 Å². The maximum atomic E-state index is 12.9. The average Bonchev–Trinajstić information content (AvgIpc) is 3.39. The van der Waals surface area contributed by atoms with Crippen molar-refractivity contribution in [2.24, 2.45) is 0 Å². The van der Waals surface area contributed by atoms with Gasteiger partial charge in [-0.15, -0.1) is 0 Å². The summed E-state index contributed by atoms with van der Waals surface area (Å²) in [5.74, 6) is -1.51. The molecule has 0 fully saturated rings. The highest BCUT2D eigenvalue weighted by molar-refractivity contribution is 7.47. The number of aliphatic hydroxyl groups is 1. The Bertz CT molecular complexity index is 1520. The number of hydrogen-bond donors (Lipinski definition) is 2. The lowest BCUT2D eigenvalue weighted by Gasteiger charge is -2.21. The fourth-order valence-electron chi connectivity index (χ4n) is 8.08. The molecule has 0 aromatic carbocycles. The molecule has 0 aromatic heterocycles. The number of phosphoric ester groups is 1. The van der Waals surface area contributed by atoms with E-state index in [1.807, 2.05) is 0 Å². The minimum Gasteiger partial charge on any atom is -0.462 e. The summed E-state index contributed by atoms with van der Waals surface area (Å²) in [6.45, 7) is 4.50. The minimum absolute atomic E-state index is 0.149. The summed E-state index contributed by atoms with van der Waals surface area (Å²) in [6.07, 6.45) is 62.8. The molecule has 2 N–H and O–H groups in total. The maximum absolute atomic E-state index is 12.9. The van der Waals surface area contributed by atoms with E-state index < -0.39 is 57.8 Å². The van der Waals surface area contributed by atoms with Crippen molar-refractivity contribution in [2.75, 3.05) is 26.4 Å². The number of esters is 3. The Morgan fingerprint density at radius 1 is 0.392 bits per heavy atom. The lowest BCUT2D eigenvalue weighted by Crippen LogP contribution is -2.30. The Labute approximate surface area is 452 Å². The highest BCUT2D eigenvalue weighted by Crippen LogP contribution is 2.43. The van der Waals surface area contributed by atoms with Gasteiger partial charge in [-0.2, -0.15) is 0 Å². The monoisotopic (exact) mass is 1060 g/mol. The van der Waals surface area contributed by atoms with Crippen LogP contribution in [0.5, 0.6) is 0 Å². The molecule has 0 aromatic rings. The van der Waals surface area contributed by atoms with Crippen molar-refractivity contribution in [1.29, 1.82) is 0 Å². The van der Waals surface area contributed by atoms with E-state index in [1.54, 1.807) is 0 Å². The molecule has 0 aliphatic carbocycles. The lowest BCUT2D eigenvalue weighted by atomic mass is 10.0. The number of carbonyl (C=O) groups excluding carboxylic acids is 3. The summed E-state index contributed by atoms with van der Waals surface area (Å²) in [6, 6.07) is 0. The second-order valence-corrected chi connectivity index (χ2v) is 21.2. The van der Waals surface area contributed by atoms with Gasteiger partial charge in [0.1, 0.15) is 12.7 Å². The molecule has 0 rings (SSSR count). The molecule has 0 radical (unpaired) electrons. The van der Waals surface area contributed by atoms with Gasteiger partial charge in [-0.25, -0.2) is 4.57 Å². The molecule has 11 nitrogen and oxygen atoms in total. The molecule has 0 saturated heterocycles. The van der Waals surface area contributed by atoms with Gasteiger partial charge in [0.25, 0.3) is 0 Å². The molecule has 0 aliphatic heterocycles. The summed E-state index contributed by atoms with van der Waals surface area (Å²) >= 11 is 0. The molecule has 0 heterocycles. The van der Waals surface area contributed by atoms with Crippen LogP contribution in [0.2, 0.25) is 0 Å². The van der Waals surface area contributed by atoms with Crippen LogP contribution in [0.15, 0.2) is 72.9 Å². The van der Waals surface area contributed by atoms with E-state index in [0.717, 1.165) is 109 Å². The van der Waals surface area contributed by atoms with Crippen LogP contribution < -0.4 is 0 Å². The zero-order chi connectivity index (χ0) is 54.1. The van der Waals surface area contributed by atoms with Crippen LogP contribution in [0.4, 0.5) is 0 Å². The highest BCUT2D eigenvalue weighted by Gasteiger charge is 2.28. The van der Waals surface area contributed by atoms with Crippen molar-refractivity contribution in [3.05, 3.63) is 72.9 Å². The molecule has 0 bridgehead atoms. The average molecular weight is 1060 g/mol. The highest BCUT2D eigenvalue weighted by atomic mass is 31.2. The van der Waals surface area contributed by atoms with Gasteiger partial charge in [-0.1, -0.05) is 229 Å². The molecule has 3 unspecified atom stereocenters. The Morgan fingerprint density at radius 2 is 0.703 bits per heavy atom. The molecule has 3 atom stereocenters. The van der Waals surface area contributed by atoms with Crippen LogP contribution >= 0.6 is 7.82 Å². The first-order valence-corrected chi connectivity index (χ1v) is 31.3. The SMILES string of the molecule is CC/C=C\C/C=C\C/C=C\C/C=C\C/C=C\CCCCCC(=O)OCC(COP(=O)(O)OCC(CO)OC(=O)CCCCCCCCCCCCCCC)OC(=O)CCCCCCC/C=C\CCCCCCCC. The molecule has 428 valence electrons. The third-order valence-corrected chi connectivity index (χ3v) is 13.6. The normalized spacial score (nSPS) is 13.9. The fraction of sp³-hybridized carbons (Fsp3) is 0.758. The first-order chi connectivity index (χ1) is 36.2. The number of rotatable bonds is 55. The predicted molar refractivity (Wildman–Crippen MR) is 307 cm³/mol. The van der Waals surface area contributed by atoms with Crippen LogP contribution in [0.3, 0.4) is 0 Å². The third-order valence-electron chi connectivity index (χ3n) is 12.6. The zero-order valence-corrected chi connectivity index (χ0v) is 48.2. The number of ether oxygens (including phenoxy) is 3. The smallest absolute Gasteiger partial charge is 0.462 e. The van der Waals surface area contributed by atoms with E-state index in [0.29, 0.717) is 19.3 Å². The predicted octanol–water partition coefficient (Wildman–Crippen LogP) is 17.7. The number of aliphatic hydroxyl groups excluding tert-OH is 1. The van der Waals surface area contributed by atoms with Gasteiger partial charge in [0.2, 0.25) is 0 Å². The van der Waals surface area contributed by atoms with Gasteiger partial charge in [0, 0.05) is 19.3 Å². The van der Waals surface area contributed by atoms with Crippen LogP contribution in [-0.2, 0) is 42.2 Å². The number of phosphoric acid groups is 1. The summed E-state index contributed by atoms with van der Waals surface area (Å²) in [5.41, 5.74) is 0. The van der Waals surface area contributed by atoms with Crippen LogP contribution in [0.25, 0.3) is 0 Å². The van der Waals surface area contributed by atoms with Gasteiger partial charge in [0.15, 0.2) is 6.10 Å². The maximum Gasteiger partial charge on any atom is 0.472 e. The summed E-state index contributed by atoms with van der Waals surface area (Å²) in [4.78, 5) is 48.6. The van der Waals surface area contributed by atoms with Crippen molar-refractivity contribution >= 4 is 25.7 Å². The van der Waals surface area contributed by atoms with Crippen LogP contribution in [0, 0.1) is 0 Å². The van der Waals surface area contributed by atoms with Crippen molar-refractivity contribution < 1.29 is 52.2 Å². The van der Waals surface area contributed by atoms with Crippen molar-refractivity contribution in [3.8, 4) is 0 Å². The molecule has 0 spiro atoms. The Balaban J connectivity index is 4.77. The van der Waals surface area contributed by atoms with E-state index in [-0.39, 0.29) is 25.9 Å². The second-order valence-electron chi connectivity index (χ2n) is 19.8. The topological polar surface area (TPSA) is 155 Å². The largest absolute Gasteiger partial charge is 0.472 e. The van der Waals surface area contributed by atoms with Crippen molar-refractivity contribution in [2.45, 2.75) is 277 Å². The fourth-order valence-corrected chi connectivity index (χ4v) is 8.87. The minimum atomic E-state index is -4.76. The first-order valence-electron chi connectivity index (χ1n) is 29.8. The number of allylic oxidation sites excluding steroid dienone is 12. The van der Waals surface area contributed by atoms with Gasteiger partial charge in [-0.3, -0.25) is 23.4 Å². The van der Waals surface area contributed by atoms with E-state index >= 15 is 0 Å². The third kappa shape index (κ3) is 53.7. The second kappa shape index (κ2) is 56.1. The number of carbonyl (C=O) groups is 3. The Kier molecular flexibility index (Phi) is 53.8. The standard InChI is InChI=1S/C62H109O11P/c1-4-7-10-13-16-19-22-25-27-28-29-30-32-34-36-39-42-45-48-51-60(64)69-55-59(73-62(66)53-50-47-44-41-38-35-31-26-23-20-17-14-11-8-5-2)57-71-74(67,68)70-56-58(54-63)72-61(65)52-49-46-43-40-37-33-24-21-18-15-12-9-6-3/h7,10,16,19,25-27,29-31,34,36,58-59,63H,4-6,8-9,11-15,17-18,20-24,28,32-33,35,37-57H2,1-3H3,(H,67,68)/b10-7-,19-16-,27-25-,30-29-,31-26-,36-34-. The lowest BCUT2D eigenvalue weighted by molar-refractivity contribution is -0.161.